The minimum Gasteiger partial charge on any atom is -0.368 e. The van der Waals surface area contributed by atoms with E-state index in [0.29, 0.717) is 6.42 Å². The first-order chi connectivity index (χ1) is 4.84. The SMILES string of the molecule is CC(C)C1(Cl)CC1(Cl)C(N)=O. The number of nitrogens with two attached hydrogens (primary N) is 1. The molecule has 4 heteroatoms. The van der Waals surface area contributed by atoms with Crippen molar-refractivity contribution in [1.82, 2.24) is 0 Å². The molecule has 0 radical (unpaired) electrons. The predicted octanol–water partition coefficient (Wildman–Crippen LogP) is 1.49. The third-order valence-corrected chi connectivity index (χ3v) is 3.99. The molecule has 0 spiro atoms. The Morgan fingerprint density at radius 1 is 1.55 bits per heavy atom. The first kappa shape index (κ1) is 9.14. The van der Waals surface area contributed by atoms with Crippen LogP contribution in [0.3, 0.4) is 0 Å². The highest BCUT2D eigenvalue weighted by atomic mass is 35.5. The van der Waals surface area contributed by atoms with Gasteiger partial charge >= 0.3 is 0 Å². The van der Waals surface area contributed by atoms with Crippen molar-refractivity contribution in [2.45, 2.75) is 30.0 Å². The number of amides is 1. The smallest absolute Gasteiger partial charge is 0.240 e. The highest BCUT2D eigenvalue weighted by molar-refractivity contribution is 6.47. The Morgan fingerprint density at radius 2 is 2.00 bits per heavy atom. The van der Waals surface area contributed by atoms with E-state index in [0.717, 1.165) is 0 Å². The zero-order valence-electron chi connectivity index (χ0n) is 6.53. The molecule has 2 unspecified atom stereocenters. The van der Waals surface area contributed by atoms with E-state index in [9.17, 15) is 4.79 Å². The Kier molecular flexibility index (Phi) is 1.88. The Morgan fingerprint density at radius 3 is 2.09 bits per heavy atom. The van der Waals surface area contributed by atoms with Gasteiger partial charge in [-0.05, 0) is 12.3 Å². The van der Waals surface area contributed by atoms with Crippen LogP contribution in [0.4, 0.5) is 0 Å². The van der Waals surface area contributed by atoms with E-state index >= 15 is 0 Å². The lowest BCUT2D eigenvalue weighted by Crippen LogP contribution is -2.34. The first-order valence-electron chi connectivity index (χ1n) is 3.52. The van der Waals surface area contributed by atoms with Crippen molar-refractivity contribution >= 4 is 29.1 Å². The van der Waals surface area contributed by atoms with Crippen molar-refractivity contribution in [2.75, 3.05) is 0 Å². The molecule has 1 fully saturated rings. The molecule has 2 atom stereocenters. The summed E-state index contributed by atoms with van der Waals surface area (Å²) in [4.78, 5) is 9.20. The van der Waals surface area contributed by atoms with Gasteiger partial charge < -0.3 is 5.73 Å². The highest BCUT2D eigenvalue weighted by Gasteiger charge is 2.71. The molecule has 0 saturated heterocycles. The maximum Gasteiger partial charge on any atom is 0.240 e. The fourth-order valence-corrected chi connectivity index (χ4v) is 2.05. The van der Waals surface area contributed by atoms with Gasteiger partial charge in [-0.25, -0.2) is 0 Å². The molecule has 0 heterocycles. The van der Waals surface area contributed by atoms with Crippen molar-refractivity contribution in [2.24, 2.45) is 11.7 Å². The largest absolute Gasteiger partial charge is 0.368 e. The third kappa shape index (κ3) is 1.04. The lowest BCUT2D eigenvalue weighted by atomic mass is 10.1. The van der Waals surface area contributed by atoms with Crippen LogP contribution in [0.5, 0.6) is 0 Å². The maximum atomic E-state index is 10.8. The van der Waals surface area contributed by atoms with Crippen molar-refractivity contribution in [3.63, 3.8) is 0 Å². The summed E-state index contributed by atoms with van der Waals surface area (Å²) in [5, 5.41) is 0. The number of carbonyl (C=O) groups is 1. The minimum absolute atomic E-state index is 0.175. The molecule has 0 aromatic rings. The minimum atomic E-state index is -0.997. The lowest BCUT2D eigenvalue weighted by molar-refractivity contribution is -0.118. The second kappa shape index (κ2) is 2.27. The van der Waals surface area contributed by atoms with Gasteiger partial charge in [0, 0.05) is 0 Å². The van der Waals surface area contributed by atoms with Crippen LogP contribution in [-0.2, 0) is 4.79 Å². The monoisotopic (exact) mass is 195 g/mol. The predicted molar refractivity (Wildman–Crippen MR) is 45.8 cm³/mol. The Hall–Kier alpha value is 0.0500. The van der Waals surface area contributed by atoms with E-state index in [-0.39, 0.29) is 5.92 Å². The molecule has 1 rings (SSSR count). The number of alkyl halides is 2. The summed E-state index contributed by atoms with van der Waals surface area (Å²) >= 11 is 11.9. The molecule has 0 aliphatic heterocycles. The van der Waals surface area contributed by atoms with Crippen LogP contribution in [0, 0.1) is 5.92 Å². The zero-order valence-corrected chi connectivity index (χ0v) is 8.04. The third-order valence-electron chi connectivity index (χ3n) is 2.34. The standard InChI is InChI=1S/C7H11Cl2NO/c1-4(2)6(8)3-7(6,9)5(10)11/h4H,3H2,1-2H3,(H2,10,11). The zero-order chi connectivity index (χ0) is 8.86. The molecule has 2 N–H and O–H groups in total. The van der Waals surface area contributed by atoms with Crippen molar-refractivity contribution in [1.29, 1.82) is 0 Å². The van der Waals surface area contributed by atoms with Crippen LogP contribution in [-0.4, -0.2) is 15.7 Å². The summed E-state index contributed by atoms with van der Waals surface area (Å²) in [6.45, 7) is 3.86. The number of hydrogen-bond acceptors (Lipinski definition) is 1. The molecule has 64 valence electrons. The first-order valence-corrected chi connectivity index (χ1v) is 4.28. The molecular formula is C7H11Cl2NO. The second-order valence-electron chi connectivity index (χ2n) is 3.36. The molecule has 2 nitrogen and oxygen atoms in total. The van der Waals surface area contributed by atoms with E-state index in [1.54, 1.807) is 0 Å². The molecule has 0 bridgehead atoms. The highest BCUT2D eigenvalue weighted by Crippen LogP contribution is 2.62. The molecular weight excluding hydrogens is 185 g/mol. The topological polar surface area (TPSA) is 43.1 Å². The van der Waals surface area contributed by atoms with E-state index in [4.69, 9.17) is 28.9 Å². The second-order valence-corrected chi connectivity index (χ2v) is 4.68. The van der Waals surface area contributed by atoms with Crippen LogP contribution in [0.25, 0.3) is 0 Å². The molecule has 0 aromatic carbocycles. The maximum absolute atomic E-state index is 10.8. The van der Waals surface area contributed by atoms with Crippen molar-refractivity contribution in [3.8, 4) is 0 Å². The summed E-state index contributed by atoms with van der Waals surface area (Å²) in [7, 11) is 0. The average molecular weight is 196 g/mol. The molecule has 0 aromatic heterocycles. The summed E-state index contributed by atoms with van der Waals surface area (Å²) in [5.74, 6) is -0.336. The van der Waals surface area contributed by atoms with Gasteiger partial charge in [0.2, 0.25) is 5.91 Å². The molecule has 1 aliphatic rings. The van der Waals surface area contributed by atoms with E-state index < -0.39 is 15.7 Å². The lowest BCUT2D eigenvalue weighted by Gasteiger charge is -2.15. The van der Waals surface area contributed by atoms with Gasteiger partial charge in [0.25, 0.3) is 0 Å². The van der Waals surface area contributed by atoms with Crippen LogP contribution < -0.4 is 5.73 Å². The number of primary amides is 1. The van der Waals surface area contributed by atoms with Crippen molar-refractivity contribution in [3.05, 3.63) is 0 Å². The number of halogens is 2. The van der Waals surface area contributed by atoms with E-state index in [1.165, 1.54) is 0 Å². The van der Waals surface area contributed by atoms with Crippen LogP contribution in [0.15, 0.2) is 0 Å². The van der Waals surface area contributed by atoms with Gasteiger partial charge in [-0.2, -0.15) is 0 Å². The Labute approximate surface area is 76.0 Å². The summed E-state index contributed by atoms with van der Waals surface area (Å²) in [6, 6.07) is 0. The van der Waals surface area contributed by atoms with Gasteiger partial charge in [-0.1, -0.05) is 13.8 Å². The summed E-state index contributed by atoms with van der Waals surface area (Å²) in [5.41, 5.74) is 5.09. The number of hydrogen-bond donors (Lipinski definition) is 1. The van der Waals surface area contributed by atoms with Gasteiger partial charge in [-0.15, -0.1) is 23.2 Å². The number of rotatable bonds is 2. The van der Waals surface area contributed by atoms with Crippen LogP contribution in [0.2, 0.25) is 0 Å². The Balaban J connectivity index is 2.79. The molecule has 1 aliphatic carbocycles. The van der Waals surface area contributed by atoms with E-state index in [2.05, 4.69) is 0 Å². The summed E-state index contributed by atoms with van der Waals surface area (Å²) < 4.78 is 0. The fraction of sp³-hybridized carbons (Fsp3) is 0.857. The fourth-order valence-electron chi connectivity index (χ4n) is 1.26. The quantitative estimate of drug-likeness (QED) is 0.668. The van der Waals surface area contributed by atoms with Crippen LogP contribution >= 0.6 is 23.2 Å². The van der Waals surface area contributed by atoms with E-state index in [1.807, 2.05) is 13.8 Å². The van der Waals surface area contributed by atoms with Gasteiger partial charge in [0.05, 0.1) is 4.87 Å². The molecule has 1 amide bonds. The average Bonchev–Trinajstić information content (AvgIpc) is 2.39. The van der Waals surface area contributed by atoms with Gasteiger partial charge in [-0.3, -0.25) is 4.79 Å². The normalized spacial score (nSPS) is 42.6. The summed E-state index contributed by atoms with van der Waals surface area (Å²) in [6.07, 6.45) is 0.482. The molecule has 11 heavy (non-hydrogen) atoms. The molecule has 1 saturated carbocycles. The number of carbonyl (C=O) groups excluding carboxylic acids is 1. The van der Waals surface area contributed by atoms with Crippen molar-refractivity contribution < 1.29 is 4.79 Å². The Bertz CT molecular complexity index is 207. The van der Waals surface area contributed by atoms with Gasteiger partial charge in [0.15, 0.2) is 0 Å². The van der Waals surface area contributed by atoms with Crippen LogP contribution in [0.1, 0.15) is 20.3 Å². The van der Waals surface area contributed by atoms with Gasteiger partial charge in [0.1, 0.15) is 4.87 Å².